The number of aromatic nitrogens is 2. The summed E-state index contributed by atoms with van der Waals surface area (Å²) < 4.78 is 6.21. The van der Waals surface area contributed by atoms with Gasteiger partial charge in [0.15, 0.2) is 5.69 Å². The number of esters is 1. The molecule has 5 nitrogen and oxygen atoms in total. The number of rotatable bonds is 2. The first-order chi connectivity index (χ1) is 6.49. The molecule has 0 aromatic carbocycles. The van der Waals surface area contributed by atoms with E-state index in [9.17, 15) is 4.79 Å². The summed E-state index contributed by atoms with van der Waals surface area (Å²) in [6.07, 6.45) is 0. The average Bonchev–Trinajstić information content (AvgIpc) is 2.43. The van der Waals surface area contributed by atoms with Crippen molar-refractivity contribution in [1.29, 1.82) is 0 Å². The van der Waals surface area contributed by atoms with E-state index >= 15 is 0 Å². The molecule has 0 fully saturated rings. The van der Waals surface area contributed by atoms with Crippen LogP contribution in [0.25, 0.3) is 0 Å². The van der Waals surface area contributed by atoms with Crippen molar-refractivity contribution in [3.63, 3.8) is 0 Å². The van der Waals surface area contributed by atoms with Gasteiger partial charge in [0.2, 0.25) is 0 Å². The third kappa shape index (κ3) is 1.57. The molecule has 5 heteroatoms. The second-order valence-electron chi connectivity index (χ2n) is 3.39. The van der Waals surface area contributed by atoms with Gasteiger partial charge in [-0.05, 0) is 20.8 Å². The standard InChI is InChI=1S/C9H15N3O2/c1-5(2)12-8(10)6(3)7(11-12)9(13)14-4/h5H,10H2,1-4H3. The zero-order chi connectivity index (χ0) is 10.9. The smallest absolute Gasteiger partial charge is 0.358 e. The number of nitrogen functional groups attached to an aromatic ring is 1. The Kier molecular flexibility index (Phi) is 2.78. The number of hydrogen-bond acceptors (Lipinski definition) is 4. The maximum Gasteiger partial charge on any atom is 0.358 e. The maximum absolute atomic E-state index is 11.3. The highest BCUT2D eigenvalue weighted by atomic mass is 16.5. The molecule has 0 spiro atoms. The SMILES string of the molecule is COC(=O)c1nn(C(C)C)c(N)c1C. The minimum Gasteiger partial charge on any atom is -0.464 e. The molecule has 0 aliphatic rings. The van der Waals surface area contributed by atoms with E-state index in [2.05, 4.69) is 9.84 Å². The first-order valence-corrected chi connectivity index (χ1v) is 4.42. The van der Waals surface area contributed by atoms with Gasteiger partial charge in [0.25, 0.3) is 0 Å². The topological polar surface area (TPSA) is 70.1 Å². The molecule has 1 rings (SSSR count). The minimum atomic E-state index is -0.450. The van der Waals surface area contributed by atoms with Crippen LogP contribution in [0.1, 0.15) is 35.9 Å². The van der Waals surface area contributed by atoms with Crippen LogP contribution in [-0.4, -0.2) is 22.9 Å². The average molecular weight is 197 g/mol. The van der Waals surface area contributed by atoms with Gasteiger partial charge in [0.1, 0.15) is 5.82 Å². The molecule has 0 saturated carbocycles. The number of ether oxygens (including phenoxy) is 1. The second kappa shape index (κ2) is 3.69. The van der Waals surface area contributed by atoms with Gasteiger partial charge in [0, 0.05) is 11.6 Å². The number of carbonyl (C=O) groups is 1. The van der Waals surface area contributed by atoms with Crippen LogP contribution in [-0.2, 0) is 4.74 Å². The molecule has 0 saturated heterocycles. The van der Waals surface area contributed by atoms with Crippen molar-refractivity contribution < 1.29 is 9.53 Å². The van der Waals surface area contributed by atoms with Crippen LogP contribution in [0.5, 0.6) is 0 Å². The van der Waals surface area contributed by atoms with Crippen LogP contribution in [0.3, 0.4) is 0 Å². The number of nitrogens with zero attached hydrogens (tertiary/aromatic N) is 2. The molecule has 1 aromatic heterocycles. The lowest BCUT2D eigenvalue weighted by molar-refractivity contribution is 0.0592. The molecule has 0 bridgehead atoms. The van der Waals surface area contributed by atoms with Crippen LogP contribution in [0.15, 0.2) is 0 Å². The van der Waals surface area contributed by atoms with Crippen molar-refractivity contribution >= 4 is 11.8 Å². The van der Waals surface area contributed by atoms with Crippen LogP contribution >= 0.6 is 0 Å². The summed E-state index contributed by atoms with van der Waals surface area (Å²) in [5.74, 6) is 0.0639. The molecule has 0 aliphatic heterocycles. The summed E-state index contributed by atoms with van der Waals surface area (Å²) in [6.45, 7) is 5.65. The monoisotopic (exact) mass is 197 g/mol. The largest absolute Gasteiger partial charge is 0.464 e. The van der Waals surface area contributed by atoms with Crippen LogP contribution in [0.4, 0.5) is 5.82 Å². The number of hydrogen-bond donors (Lipinski definition) is 1. The normalized spacial score (nSPS) is 10.6. The zero-order valence-corrected chi connectivity index (χ0v) is 8.87. The van der Waals surface area contributed by atoms with Gasteiger partial charge in [-0.15, -0.1) is 0 Å². The molecule has 1 aromatic rings. The minimum absolute atomic E-state index is 0.132. The Morgan fingerprint density at radius 2 is 2.14 bits per heavy atom. The van der Waals surface area contributed by atoms with E-state index in [0.717, 1.165) is 0 Å². The Hall–Kier alpha value is -1.52. The van der Waals surface area contributed by atoms with Crippen molar-refractivity contribution in [2.24, 2.45) is 0 Å². The molecule has 0 radical (unpaired) electrons. The lowest BCUT2D eigenvalue weighted by Crippen LogP contribution is -2.08. The molecule has 2 N–H and O–H groups in total. The number of anilines is 1. The van der Waals surface area contributed by atoms with E-state index < -0.39 is 5.97 Å². The van der Waals surface area contributed by atoms with Crippen molar-refractivity contribution in [1.82, 2.24) is 9.78 Å². The van der Waals surface area contributed by atoms with Gasteiger partial charge in [-0.25, -0.2) is 9.48 Å². The van der Waals surface area contributed by atoms with Gasteiger partial charge in [0.05, 0.1) is 7.11 Å². The molecule has 0 atom stereocenters. The Labute approximate surface area is 82.8 Å². The van der Waals surface area contributed by atoms with Crippen LogP contribution < -0.4 is 5.73 Å². The van der Waals surface area contributed by atoms with Gasteiger partial charge >= 0.3 is 5.97 Å². The highest BCUT2D eigenvalue weighted by Crippen LogP contribution is 2.19. The Balaban J connectivity index is 3.21. The Morgan fingerprint density at radius 3 is 2.50 bits per heavy atom. The quantitative estimate of drug-likeness (QED) is 0.722. The fourth-order valence-electron chi connectivity index (χ4n) is 1.21. The second-order valence-corrected chi connectivity index (χ2v) is 3.39. The zero-order valence-electron chi connectivity index (χ0n) is 8.87. The summed E-state index contributed by atoms with van der Waals surface area (Å²) in [4.78, 5) is 11.3. The molecular formula is C9H15N3O2. The van der Waals surface area contributed by atoms with Crippen molar-refractivity contribution in [3.05, 3.63) is 11.3 Å². The molecular weight excluding hydrogens is 182 g/mol. The van der Waals surface area contributed by atoms with E-state index in [4.69, 9.17) is 5.73 Å². The Bertz CT molecular complexity index is 355. The predicted molar refractivity (Wildman–Crippen MR) is 53.1 cm³/mol. The summed E-state index contributed by atoms with van der Waals surface area (Å²) in [7, 11) is 1.33. The van der Waals surface area contributed by atoms with Crippen molar-refractivity contribution in [2.75, 3.05) is 12.8 Å². The summed E-state index contributed by atoms with van der Waals surface area (Å²) >= 11 is 0. The highest BCUT2D eigenvalue weighted by Gasteiger charge is 2.19. The first-order valence-electron chi connectivity index (χ1n) is 4.42. The summed E-state index contributed by atoms with van der Waals surface area (Å²) in [5.41, 5.74) is 6.75. The van der Waals surface area contributed by atoms with Gasteiger partial charge in [-0.2, -0.15) is 5.10 Å². The maximum atomic E-state index is 11.3. The predicted octanol–water partition coefficient (Wildman–Crippen LogP) is 1.14. The summed E-state index contributed by atoms with van der Waals surface area (Å²) in [6, 6.07) is 0.132. The fourth-order valence-corrected chi connectivity index (χ4v) is 1.21. The number of carbonyl (C=O) groups excluding carboxylic acids is 1. The lowest BCUT2D eigenvalue weighted by atomic mass is 10.2. The number of nitrogens with two attached hydrogens (primary N) is 1. The van der Waals surface area contributed by atoms with Crippen LogP contribution in [0, 0.1) is 6.92 Å². The van der Waals surface area contributed by atoms with Crippen LogP contribution in [0.2, 0.25) is 0 Å². The van der Waals surface area contributed by atoms with Gasteiger partial charge in [-0.1, -0.05) is 0 Å². The molecule has 78 valence electrons. The highest BCUT2D eigenvalue weighted by molar-refractivity contribution is 5.90. The van der Waals surface area contributed by atoms with E-state index in [-0.39, 0.29) is 6.04 Å². The lowest BCUT2D eigenvalue weighted by Gasteiger charge is -2.06. The van der Waals surface area contributed by atoms with E-state index in [1.54, 1.807) is 11.6 Å². The van der Waals surface area contributed by atoms with E-state index in [1.165, 1.54) is 7.11 Å². The van der Waals surface area contributed by atoms with Crippen molar-refractivity contribution in [3.8, 4) is 0 Å². The molecule has 0 aliphatic carbocycles. The molecule has 14 heavy (non-hydrogen) atoms. The first kappa shape index (κ1) is 10.6. The number of methoxy groups -OCH3 is 1. The summed E-state index contributed by atoms with van der Waals surface area (Å²) in [5, 5.41) is 4.10. The van der Waals surface area contributed by atoms with E-state index in [1.807, 2.05) is 13.8 Å². The molecule has 0 amide bonds. The molecule has 1 heterocycles. The third-order valence-electron chi connectivity index (χ3n) is 2.06. The van der Waals surface area contributed by atoms with Crippen molar-refractivity contribution in [2.45, 2.75) is 26.8 Å². The fraction of sp³-hybridized carbons (Fsp3) is 0.556. The molecule has 0 unspecified atom stereocenters. The Morgan fingerprint density at radius 1 is 1.57 bits per heavy atom. The third-order valence-corrected chi connectivity index (χ3v) is 2.06. The van der Waals surface area contributed by atoms with Gasteiger partial charge in [-0.3, -0.25) is 0 Å². The van der Waals surface area contributed by atoms with E-state index in [0.29, 0.717) is 17.1 Å². The van der Waals surface area contributed by atoms with Gasteiger partial charge < -0.3 is 10.5 Å².